The third kappa shape index (κ3) is 3.49. The summed E-state index contributed by atoms with van der Waals surface area (Å²) >= 11 is 0. The van der Waals surface area contributed by atoms with Crippen molar-refractivity contribution >= 4 is 9.28 Å². The Morgan fingerprint density at radius 2 is 1.75 bits per heavy atom. The number of epoxide rings is 1. The lowest BCUT2D eigenvalue weighted by Gasteiger charge is -2.33. The minimum Gasteiger partial charge on any atom is -0.397 e. The van der Waals surface area contributed by atoms with E-state index >= 15 is 0 Å². The van der Waals surface area contributed by atoms with Crippen molar-refractivity contribution in [1.29, 1.82) is 0 Å². The van der Waals surface area contributed by atoms with Crippen LogP contribution in [0.3, 0.4) is 0 Å². The first kappa shape index (κ1) is 14.0. The molecule has 1 fully saturated rings. The predicted molar refractivity (Wildman–Crippen MR) is 58.5 cm³/mol. The zero-order valence-electron chi connectivity index (χ0n) is 10.2. The first-order valence-electron chi connectivity index (χ1n) is 5.07. The van der Waals surface area contributed by atoms with Gasteiger partial charge in [0.05, 0.1) is 13.2 Å². The average Bonchev–Trinajstić information content (AvgIpc) is 3.12. The van der Waals surface area contributed by atoms with E-state index in [0.717, 1.165) is 6.61 Å². The van der Waals surface area contributed by atoms with E-state index < -0.39 is 14.7 Å². The summed E-state index contributed by atoms with van der Waals surface area (Å²) in [4.78, 5) is 0. The van der Waals surface area contributed by atoms with E-state index in [-0.39, 0.29) is 12.7 Å². The fraction of sp³-hybridized carbons (Fsp3) is 1.00. The molecule has 1 rings (SSSR count). The Morgan fingerprint density at radius 1 is 1.19 bits per heavy atom. The summed E-state index contributed by atoms with van der Waals surface area (Å²) in [5, 5.41) is 0. The van der Waals surface area contributed by atoms with Gasteiger partial charge in [0.25, 0.3) is 0 Å². The fourth-order valence-electron chi connectivity index (χ4n) is 1.41. The second-order valence-corrected chi connectivity index (χ2v) is 5.98. The van der Waals surface area contributed by atoms with Crippen molar-refractivity contribution in [3.63, 3.8) is 0 Å². The van der Waals surface area contributed by atoms with Crippen LogP contribution in [0.2, 0.25) is 0 Å². The molecule has 0 radical (unpaired) electrons. The maximum absolute atomic E-state index is 5.49. The van der Waals surface area contributed by atoms with Crippen molar-refractivity contribution in [3.8, 4) is 0 Å². The Kier molecular flexibility index (Phi) is 5.83. The predicted octanol–water partition coefficient (Wildman–Crippen LogP) is -0.557. The monoisotopic (exact) mass is 252 g/mol. The lowest BCUT2D eigenvalue weighted by Crippen LogP contribution is -2.55. The second-order valence-electron chi connectivity index (χ2n) is 3.49. The van der Waals surface area contributed by atoms with Crippen LogP contribution in [-0.2, 0) is 27.8 Å². The van der Waals surface area contributed by atoms with Crippen molar-refractivity contribution in [2.24, 2.45) is 0 Å². The normalized spacial score (nSPS) is 20.4. The number of ether oxygens (including phenoxy) is 4. The van der Waals surface area contributed by atoms with Crippen molar-refractivity contribution in [2.45, 2.75) is 11.5 Å². The highest BCUT2D eigenvalue weighted by Crippen LogP contribution is 2.18. The van der Waals surface area contributed by atoms with Gasteiger partial charge in [-0.1, -0.05) is 0 Å². The van der Waals surface area contributed by atoms with Crippen molar-refractivity contribution in [3.05, 3.63) is 0 Å². The van der Waals surface area contributed by atoms with Crippen LogP contribution in [0, 0.1) is 0 Å². The molecule has 0 aromatic carbocycles. The van der Waals surface area contributed by atoms with Gasteiger partial charge in [0.15, 0.2) is 0 Å². The fourth-order valence-corrected chi connectivity index (χ4v) is 2.96. The molecule has 6 nitrogen and oxygen atoms in total. The summed E-state index contributed by atoms with van der Waals surface area (Å²) in [5.41, 5.74) is -0.918. The lowest BCUT2D eigenvalue weighted by molar-refractivity contribution is -0.197. The summed E-state index contributed by atoms with van der Waals surface area (Å²) in [7, 11) is 4.17. The first-order valence-corrected chi connectivity index (χ1v) is 6.59. The number of rotatable bonds is 9. The van der Waals surface area contributed by atoms with Crippen molar-refractivity contribution < 1.29 is 27.8 Å². The van der Waals surface area contributed by atoms with E-state index in [1.54, 1.807) is 28.4 Å². The summed E-state index contributed by atoms with van der Waals surface area (Å²) in [6, 6.07) is 0. The van der Waals surface area contributed by atoms with Gasteiger partial charge in [-0.2, -0.15) is 0 Å². The highest BCUT2D eigenvalue weighted by atomic mass is 28.3. The van der Waals surface area contributed by atoms with E-state index in [4.69, 9.17) is 27.8 Å². The highest BCUT2D eigenvalue weighted by molar-refractivity contribution is 6.47. The minimum atomic E-state index is -2.10. The van der Waals surface area contributed by atoms with Crippen LogP contribution in [0.15, 0.2) is 0 Å². The average molecular weight is 252 g/mol. The van der Waals surface area contributed by atoms with E-state index in [1.165, 1.54) is 0 Å². The maximum atomic E-state index is 5.49. The Hall–Kier alpha value is -0.0231. The molecule has 1 atom stereocenters. The van der Waals surface area contributed by atoms with Crippen molar-refractivity contribution in [1.82, 2.24) is 0 Å². The van der Waals surface area contributed by atoms with Gasteiger partial charge in [0.2, 0.25) is 5.41 Å². The molecule has 0 aromatic heterocycles. The van der Waals surface area contributed by atoms with Gasteiger partial charge in [-0.05, 0) is 0 Å². The van der Waals surface area contributed by atoms with Gasteiger partial charge < -0.3 is 27.8 Å². The molecule has 96 valence electrons. The SMILES string of the molecule is CO[SiH](OC)C(COCC1CO1)(OC)OC. The van der Waals surface area contributed by atoms with E-state index in [1.807, 2.05) is 0 Å². The van der Waals surface area contributed by atoms with Gasteiger partial charge in [0, 0.05) is 28.4 Å². The van der Waals surface area contributed by atoms with Crippen LogP contribution >= 0.6 is 0 Å². The van der Waals surface area contributed by atoms with Crippen molar-refractivity contribution in [2.75, 3.05) is 48.3 Å². The molecular formula is C9H20O6Si. The summed E-state index contributed by atoms with van der Waals surface area (Å²) in [6.45, 7) is 1.59. The molecule has 0 aromatic rings. The summed E-state index contributed by atoms with van der Waals surface area (Å²) in [6.07, 6.45) is 0.219. The Morgan fingerprint density at radius 3 is 2.12 bits per heavy atom. The molecule has 1 aliphatic heterocycles. The van der Waals surface area contributed by atoms with E-state index in [9.17, 15) is 0 Å². The molecular weight excluding hydrogens is 232 g/mol. The molecule has 0 saturated carbocycles. The number of hydrogen-bond acceptors (Lipinski definition) is 6. The van der Waals surface area contributed by atoms with Crippen LogP contribution < -0.4 is 0 Å². The zero-order chi connectivity index (χ0) is 12.0. The zero-order valence-corrected chi connectivity index (χ0v) is 11.4. The Balaban J connectivity index is 2.46. The topological polar surface area (TPSA) is 58.7 Å². The highest BCUT2D eigenvalue weighted by Gasteiger charge is 2.44. The van der Waals surface area contributed by atoms with Gasteiger partial charge in [-0.25, -0.2) is 0 Å². The number of hydrogen-bond donors (Lipinski definition) is 0. The first-order chi connectivity index (χ1) is 7.72. The molecule has 0 aliphatic carbocycles. The van der Waals surface area contributed by atoms with Gasteiger partial charge in [-0.15, -0.1) is 0 Å². The molecule has 1 heterocycles. The third-order valence-electron chi connectivity index (χ3n) is 2.49. The molecule has 0 amide bonds. The number of methoxy groups -OCH3 is 2. The molecule has 7 heteroatoms. The van der Waals surface area contributed by atoms with Gasteiger partial charge >= 0.3 is 9.28 Å². The lowest BCUT2D eigenvalue weighted by atomic mass is 10.5. The Labute approximate surface area is 97.6 Å². The van der Waals surface area contributed by atoms with Crippen LogP contribution in [0.5, 0.6) is 0 Å². The molecule has 0 spiro atoms. The van der Waals surface area contributed by atoms with Crippen LogP contribution in [0.1, 0.15) is 0 Å². The third-order valence-corrected chi connectivity index (χ3v) is 4.70. The van der Waals surface area contributed by atoms with Gasteiger partial charge in [0.1, 0.15) is 12.7 Å². The Bertz CT molecular complexity index is 190. The van der Waals surface area contributed by atoms with E-state index in [2.05, 4.69) is 0 Å². The molecule has 1 unspecified atom stereocenters. The standard InChI is InChI=1S/C9H20O6Si/c1-10-9(11-2,16(12-3)13-4)7-14-5-8-6-15-8/h8,16H,5-7H2,1-4H3. The van der Waals surface area contributed by atoms with Crippen LogP contribution in [0.25, 0.3) is 0 Å². The smallest absolute Gasteiger partial charge is 0.386 e. The molecule has 0 N–H and O–H groups in total. The largest absolute Gasteiger partial charge is 0.397 e. The second kappa shape index (κ2) is 6.65. The van der Waals surface area contributed by atoms with Crippen LogP contribution in [0.4, 0.5) is 0 Å². The molecule has 0 bridgehead atoms. The van der Waals surface area contributed by atoms with Crippen LogP contribution in [-0.4, -0.2) is 69.1 Å². The van der Waals surface area contributed by atoms with E-state index in [0.29, 0.717) is 6.61 Å². The quantitative estimate of drug-likeness (QED) is 0.311. The summed E-state index contributed by atoms with van der Waals surface area (Å²) in [5.74, 6) is 0. The molecule has 1 aliphatic rings. The molecule has 1 saturated heterocycles. The summed E-state index contributed by atoms with van der Waals surface area (Å²) < 4.78 is 31.8. The minimum absolute atomic E-state index is 0.219. The van der Waals surface area contributed by atoms with Gasteiger partial charge in [-0.3, -0.25) is 0 Å². The molecule has 16 heavy (non-hydrogen) atoms. The maximum Gasteiger partial charge on any atom is 0.386 e.